The second kappa shape index (κ2) is 15.2. The first-order valence-electron chi connectivity index (χ1n) is 13.9. The number of carbonyl (C=O) groups is 1. The van der Waals surface area contributed by atoms with Crippen molar-refractivity contribution in [2.24, 2.45) is 23.7 Å². The maximum atomic E-state index is 14.0. The third-order valence-corrected chi connectivity index (χ3v) is 8.98. The first kappa shape index (κ1) is 28.4. The summed E-state index contributed by atoms with van der Waals surface area (Å²) in [5.41, 5.74) is 0. The highest BCUT2D eigenvalue weighted by molar-refractivity contribution is 7.99. The molecule has 0 spiro atoms. The van der Waals surface area contributed by atoms with Crippen LogP contribution in [0.1, 0.15) is 110 Å². The Hall–Kier alpha value is -1.17. The molecular weight excluding hydrogens is 469 g/mol. The fourth-order valence-electron chi connectivity index (χ4n) is 6.10. The lowest BCUT2D eigenvalue weighted by molar-refractivity contribution is -0.140. The lowest BCUT2D eigenvalue weighted by Crippen LogP contribution is -2.30. The number of thioether (sulfide) groups is 1. The Morgan fingerprint density at radius 2 is 1.51 bits per heavy atom. The molecule has 0 aliphatic heterocycles. The Morgan fingerprint density at radius 3 is 2.11 bits per heavy atom. The molecule has 2 saturated carbocycles. The van der Waals surface area contributed by atoms with Crippen molar-refractivity contribution in [1.29, 1.82) is 0 Å². The summed E-state index contributed by atoms with van der Waals surface area (Å²) in [4.78, 5) is 12.5. The van der Waals surface area contributed by atoms with Gasteiger partial charge in [-0.1, -0.05) is 82.9 Å². The number of halogens is 3. The van der Waals surface area contributed by atoms with Crippen LogP contribution in [0.25, 0.3) is 0 Å². The molecule has 35 heavy (non-hydrogen) atoms. The topological polar surface area (TPSA) is 26.3 Å². The van der Waals surface area contributed by atoms with E-state index in [0.717, 1.165) is 43.6 Å². The van der Waals surface area contributed by atoms with E-state index < -0.39 is 11.6 Å². The molecule has 0 N–H and O–H groups in total. The molecule has 2 aliphatic carbocycles. The maximum absolute atomic E-state index is 14.0. The Balaban J connectivity index is 1.31. The molecule has 0 heterocycles. The van der Waals surface area contributed by atoms with Gasteiger partial charge in [-0.3, -0.25) is 4.79 Å². The SMILES string of the molecule is CCCCCCCCC[C@H]1CC[C@H]([C@H]2CC[C@H](C(=O)Oc3ccc(SC(F)F)c(F)c3)CC2)CC1. The number of esters is 1. The monoisotopic (exact) mass is 512 g/mol. The number of unbranched alkanes of at least 4 members (excludes halogenated alkanes) is 6. The quantitative estimate of drug-likeness (QED) is 0.114. The van der Waals surface area contributed by atoms with Crippen molar-refractivity contribution in [2.45, 2.75) is 120 Å². The average molecular weight is 513 g/mol. The van der Waals surface area contributed by atoms with Gasteiger partial charge in [-0.15, -0.1) is 0 Å². The predicted molar refractivity (Wildman–Crippen MR) is 137 cm³/mol. The van der Waals surface area contributed by atoms with Crippen LogP contribution in [0.4, 0.5) is 13.2 Å². The van der Waals surface area contributed by atoms with Crippen LogP contribution in [-0.2, 0) is 4.79 Å². The zero-order chi connectivity index (χ0) is 25.0. The summed E-state index contributed by atoms with van der Waals surface area (Å²) in [7, 11) is 0. The summed E-state index contributed by atoms with van der Waals surface area (Å²) in [6, 6.07) is 3.66. The van der Waals surface area contributed by atoms with Gasteiger partial charge in [0.25, 0.3) is 5.76 Å². The first-order chi connectivity index (χ1) is 17.0. The number of alkyl halides is 2. The van der Waals surface area contributed by atoms with Crippen LogP contribution in [0.15, 0.2) is 23.1 Å². The Bertz CT molecular complexity index is 756. The molecule has 2 fully saturated rings. The lowest BCUT2D eigenvalue weighted by atomic mass is 9.68. The predicted octanol–water partition coefficient (Wildman–Crippen LogP) is 9.80. The van der Waals surface area contributed by atoms with Gasteiger partial charge < -0.3 is 4.74 Å². The minimum atomic E-state index is -2.69. The molecule has 0 unspecified atom stereocenters. The molecular formula is C29H43F3O2S. The van der Waals surface area contributed by atoms with Gasteiger partial charge in [0.1, 0.15) is 11.6 Å². The third-order valence-electron chi connectivity index (χ3n) is 8.22. The number of hydrogen-bond donors (Lipinski definition) is 0. The highest BCUT2D eigenvalue weighted by Gasteiger charge is 2.33. The van der Waals surface area contributed by atoms with E-state index in [1.54, 1.807) is 0 Å². The van der Waals surface area contributed by atoms with Gasteiger partial charge in [-0.25, -0.2) is 4.39 Å². The smallest absolute Gasteiger partial charge is 0.314 e. The first-order valence-corrected chi connectivity index (χ1v) is 14.8. The molecule has 6 heteroatoms. The second-order valence-electron chi connectivity index (χ2n) is 10.7. The molecule has 0 atom stereocenters. The van der Waals surface area contributed by atoms with Gasteiger partial charge in [0.2, 0.25) is 0 Å². The van der Waals surface area contributed by atoms with E-state index in [9.17, 15) is 18.0 Å². The molecule has 3 rings (SSSR count). The van der Waals surface area contributed by atoms with Gasteiger partial charge in [0, 0.05) is 11.0 Å². The fraction of sp³-hybridized carbons (Fsp3) is 0.759. The van der Waals surface area contributed by atoms with Crippen molar-refractivity contribution < 1.29 is 22.7 Å². The summed E-state index contributed by atoms with van der Waals surface area (Å²) in [6.45, 7) is 2.27. The van der Waals surface area contributed by atoms with Gasteiger partial charge in [0.05, 0.1) is 5.92 Å². The highest BCUT2D eigenvalue weighted by atomic mass is 32.2. The minimum Gasteiger partial charge on any atom is -0.426 e. The van der Waals surface area contributed by atoms with E-state index in [0.29, 0.717) is 5.92 Å². The highest BCUT2D eigenvalue weighted by Crippen LogP contribution is 2.42. The molecule has 0 aromatic heterocycles. The van der Waals surface area contributed by atoms with E-state index in [2.05, 4.69) is 6.92 Å². The number of hydrogen-bond acceptors (Lipinski definition) is 3. The van der Waals surface area contributed by atoms with Crippen molar-refractivity contribution in [3.8, 4) is 5.75 Å². The third kappa shape index (κ3) is 9.66. The molecule has 1 aromatic carbocycles. The van der Waals surface area contributed by atoms with Gasteiger partial charge in [0.15, 0.2) is 0 Å². The molecule has 0 radical (unpaired) electrons. The zero-order valence-corrected chi connectivity index (χ0v) is 22.1. The van der Waals surface area contributed by atoms with Crippen LogP contribution in [0.3, 0.4) is 0 Å². The van der Waals surface area contributed by atoms with Crippen LogP contribution in [-0.4, -0.2) is 11.7 Å². The summed E-state index contributed by atoms with van der Waals surface area (Å²) in [5.74, 6) is -1.44. The lowest BCUT2D eigenvalue weighted by Gasteiger charge is -2.37. The van der Waals surface area contributed by atoms with Crippen LogP contribution in [0.5, 0.6) is 5.75 Å². The number of benzene rings is 1. The van der Waals surface area contributed by atoms with Gasteiger partial charge >= 0.3 is 5.97 Å². The molecule has 1 aromatic rings. The Kier molecular flexibility index (Phi) is 12.3. The summed E-state index contributed by atoms with van der Waals surface area (Å²) >= 11 is 0.153. The summed E-state index contributed by atoms with van der Waals surface area (Å²) in [6.07, 6.45) is 20.3. The van der Waals surface area contributed by atoms with Gasteiger partial charge in [-0.05, 0) is 68.4 Å². The fourth-order valence-corrected chi connectivity index (χ4v) is 6.61. The van der Waals surface area contributed by atoms with Crippen LogP contribution < -0.4 is 4.74 Å². The average Bonchev–Trinajstić information content (AvgIpc) is 2.85. The number of ether oxygens (including phenoxy) is 1. The van der Waals surface area contributed by atoms with Crippen molar-refractivity contribution in [3.05, 3.63) is 24.0 Å². The van der Waals surface area contributed by atoms with Crippen molar-refractivity contribution >= 4 is 17.7 Å². The molecule has 198 valence electrons. The normalized spacial score (nSPS) is 25.1. The molecule has 2 nitrogen and oxygen atoms in total. The second-order valence-corrected chi connectivity index (χ2v) is 11.7. The largest absolute Gasteiger partial charge is 0.426 e. The standard InChI is InChI=1S/C29H43F3O2S/c1-2-3-4-5-6-7-8-9-21-10-12-22(13-11-21)23-14-16-24(17-15-23)28(33)34-25-18-19-27(26(30)20-25)35-29(31)32/h18-24,29H,2-17H2,1H3/t21-,22-,23-,24-. The van der Waals surface area contributed by atoms with Crippen molar-refractivity contribution in [3.63, 3.8) is 0 Å². The molecule has 0 saturated heterocycles. The minimum absolute atomic E-state index is 0.0903. The maximum Gasteiger partial charge on any atom is 0.314 e. The van der Waals surface area contributed by atoms with E-state index in [4.69, 9.17) is 4.74 Å². The van der Waals surface area contributed by atoms with Crippen LogP contribution >= 0.6 is 11.8 Å². The zero-order valence-electron chi connectivity index (χ0n) is 21.3. The van der Waals surface area contributed by atoms with E-state index in [1.807, 2.05) is 0 Å². The van der Waals surface area contributed by atoms with Crippen LogP contribution in [0.2, 0.25) is 0 Å². The van der Waals surface area contributed by atoms with Crippen LogP contribution in [0, 0.1) is 29.5 Å². The van der Waals surface area contributed by atoms with E-state index >= 15 is 0 Å². The van der Waals surface area contributed by atoms with E-state index in [1.165, 1.54) is 89.2 Å². The summed E-state index contributed by atoms with van der Waals surface area (Å²) < 4.78 is 44.3. The van der Waals surface area contributed by atoms with Gasteiger partial charge in [-0.2, -0.15) is 8.78 Å². The van der Waals surface area contributed by atoms with E-state index in [-0.39, 0.29) is 34.3 Å². The summed E-state index contributed by atoms with van der Waals surface area (Å²) in [5, 5.41) is 0. The van der Waals surface area contributed by atoms with Crippen molar-refractivity contribution in [1.82, 2.24) is 0 Å². The van der Waals surface area contributed by atoms with Crippen molar-refractivity contribution in [2.75, 3.05) is 0 Å². The molecule has 0 bridgehead atoms. The molecule has 2 aliphatic rings. The number of carbonyl (C=O) groups excluding carboxylic acids is 1. The number of rotatable bonds is 13. The Morgan fingerprint density at radius 1 is 0.914 bits per heavy atom. The molecule has 0 amide bonds. The Labute approximate surface area is 214 Å².